The van der Waals surface area contributed by atoms with E-state index in [1.165, 1.54) is 23.5 Å². The first-order chi connectivity index (χ1) is 9.65. The van der Waals surface area contributed by atoms with Gasteiger partial charge in [-0.25, -0.2) is 4.79 Å². The number of carboxylic acid groups (broad SMARTS) is 1. The van der Waals surface area contributed by atoms with Gasteiger partial charge in [0, 0.05) is 10.9 Å². The molecule has 0 saturated heterocycles. The molecule has 1 N–H and O–H groups in total. The van der Waals surface area contributed by atoms with Crippen molar-refractivity contribution in [2.45, 2.75) is 0 Å². The van der Waals surface area contributed by atoms with E-state index in [1.807, 2.05) is 16.8 Å². The molecule has 5 nitrogen and oxygen atoms in total. The van der Waals surface area contributed by atoms with Gasteiger partial charge in [0.25, 0.3) is 5.89 Å². The summed E-state index contributed by atoms with van der Waals surface area (Å²) in [5.74, 6) is -0.293. The zero-order valence-electron chi connectivity index (χ0n) is 9.91. The Hall–Kier alpha value is -2.18. The van der Waals surface area contributed by atoms with Gasteiger partial charge in [-0.3, -0.25) is 0 Å². The van der Waals surface area contributed by atoms with Crippen LogP contribution >= 0.6 is 22.9 Å². The van der Waals surface area contributed by atoms with E-state index < -0.39 is 5.97 Å². The van der Waals surface area contributed by atoms with Crippen LogP contribution in [0.3, 0.4) is 0 Å². The molecule has 7 heteroatoms. The van der Waals surface area contributed by atoms with E-state index in [0.717, 1.165) is 5.56 Å². The molecule has 0 unspecified atom stereocenters. The van der Waals surface area contributed by atoms with Gasteiger partial charge in [0.1, 0.15) is 0 Å². The van der Waals surface area contributed by atoms with Gasteiger partial charge in [-0.2, -0.15) is 16.3 Å². The molecule has 0 radical (unpaired) electrons. The second-order valence-electron chi connectivity index (χ2n) is 3.93. The van der Waals surface area contributed by atoms with Crippen molar-refractivity contribution < 1.29 is 14.4 Å². The Balaban J connectivity index is 1.98. The molecule has 0 bridgehead atoms. The molecule has 1 aromatic carbocycles. The number of aromatic nitrogens is 2. The predicted octanol–water partition coefficient (Wildman–Crippen LogP) is 3.82. The van der Waals surface area contributed by atoms with Gasteiger partial charge in [-0.15, -0.1) is 0 Å². The van der Waals surface area contributed by atoms with Crippen LogP contribution in [0, 0.1) is 0 Å². The van der Waals surface area contributed by atoms with Crippen LogP contribution in [0.4, 0.5) is 0 Å². The lowest BCUT2D eigenvalue weighted by Gasteiger charge is -2.00. The molecule has 0 aliphatic carbocycles. The monoisotopic (exact) mass is 306 g/mol. The largest absolute Gasteiger partial charge is 0.478 e. The maximum Gasteiger partial charge on any atom is 0.337 e. The minimum Gasteiger partial charge on any atom is -0.478 e. The van der Waals surface area contributed by atoms with Crippen LogP contribution in [0.1, 0.15) is 10.4 Å². The number of rotatable bonds is 3. The van der Waals surface area contributed by atoms with Crippen molar-refractivity contribution in [1.82, 2.24) is 10.1 Å². The Morgan fingerprint density at radius 3 is 2.80 bits per heavy atom. The van der Waals surface area contributed by atoms with E-state index in [9.17, 15) is 4.79 Å². The Morgan fingerprint density at radius 1 is 1.30 bits per heavy atom. The van der Waals surface area contributed by atoms with Crippen LogP contribution in [0.5, 0.6) is 0 Å². The fourth-order valence-electron chi connectivity index (χ4n) is 1.67. The highest BCUT2D eigenvalue weighted by molar-refractivity contribution is 7.08. The van der Waals surface area contributed by atoms with Crippen LogP contribution < -0.4 is 0 Å². The maximum absolute atomic E-state index is 10.9. The molecule has 3 aromatic rings. The Kier molecular flexibility index (Phi) is 3.25. The van der Waals surface area contributed by atoms with Crippen LogP contribution in [0.25, 0.3) is 22.8 Å². The minimum absolute atomic E-state index is 0.0389. The molecular weight excluding hydrogens is 300 g/mol. The lowest BCUT2D eigenvalue weighted by atomic mass is 10.1. The van der Waals surface area contributed by atoms with Crippen molar-refractivity contribution in [3.05, 3.63) is 45.6 Å². The number of carbonyl (C=O) groups is 1. The molecule has 0 saturated carbocycles. The summed E-state index contributed by atoms with van der Waals surface area (Å²) >= 11 is 7.45. The quantitative estimate of drug-likeness (QED) is 0.796. The molecule has 100 valence electrons. The van der Waals surface area contributed by atoms with Gasteiger partial charge in [-0.05, 0) is 23.6 Å². The first-order valence-electron chi connectivity index (χ1n) is 5.54. The second kappa shape index (κ2) is 5.07. The second-order valence-corrected chi connectivity index (χ2v) is 5.12. The topological polar surface area (TPSA) is 76.2 Å². The maximum atomic E-state index is 10.9. The minimum atomic E-state index is -1.08. The number of halogens is 1. The molecule has 3 rings (SSSR count). The molecule has 0 aliphatic heterocycles. The summed E-state index contributed by atoms with van der Waals surface area (Å²) in [7, 11) is 0. The number of thiophene rings is 1. The zero-order chi connectivity index (χ0) is 14.1. The van der Waals surface area contributed by atoms with E-state index in [-0.39, 0.29) is 10.6 Å². The third-order valence-electron chi connectivity index (χ3n) is 2.65. The molecule has 0 spiro atoms. The van der Waals surface area contributed by atoms with E-state index >= 15 is 0 Å². The lowest BCUT2D eigenvalue weighted by molar-refractivity contribution is 0.0697. The van der Waals surface area contributed by atoms with Crippen molar-refractivity contribution in [1.29, 1.82) is 0 Å². The molecule has 20 heavy (non-hydrogen) atoms. The van der Waals surface area contributed by atoms with Crippen molar-refractivity contribution >= 4 is 28.9 Å². The van der Waals surface area contributed by atoms with Crippen molar-refractivity contribution in [3.63, 3.8) is 0 Å². The Bertz CT molecular complexity index is 768. The average Bonchev–Trinajstić information content (AvgIpc) is 3.09. The van der Waals surface area contributed by atoms with Crippen LogP contribution in [0.2, 0.25) is 5.02 Å². The molecule has 2 heterocycles. The Morgan fingerprint density at radius 2 is 2.15 bits per heavy atom. The molecule has 0 aliphatic rings. The molecular formula is C13H7ClN2O3S. The smallest absolute Gasteiger partial charge is 0.337 e. The molecule has 0 amide bonds. The summed E-state index contributed by atoms with van der Waals surface area (Å²) < 4.78 is 5.17. The molecule has 2 aromatic heterocycles. The van der Waals surface area contributed by atoms with Crippen LogP contribution in [-0.4, -0.2) is 21.2 Å². The predicted molar refractivity (Wildman–Crippen MR) is 75.0 cm³/mol. The SMILES string of the molecule is O=C(O)c1ccc(-c2noc(-c3ccsc3)n2)cc1Cl. The molecule has 0 atom stereocenters. The number of aromatic carboxylic acids is 1. The first-order valence-corrected chi connectivity index (χ1v) is 6.87. The van der Waals surface area contributed by atoms with E-state index in [1.54, 1.807) is 6.07 Å². The summed E-state index contributed by atoms with van der Waals surface area (Å²) in [6.45, 7) is 0. The van der Waals surface area contributed by atoms with Gasteiger partial charge < -0.3 is 9.63 Å². The third-order valence-corrected chi connectivity index (χ3v) is 3.65. The highest BCUT2D eigenvalue weighted by Crippen LogP contribution is 2.27. The number of nitrogens with zero attached hydrogens (tertiary/aromatic N) is 2. The summed E-state index contributed by atoms with van der Waals surface area (Å²) in [5.41, 5.74) is 1.49. The number of hydrogen-bond donors (Lipinski definition) is 1. The Labute approximate surface area is 122 Å². The standard InChI is InChI=1S/C13H7ClN2O3S/c14-10-5-7(1-2-9(10)13(17)18)11-15-12(19-16-11)8-3-4-20-6-8/h1-6H,(H,17,18). The summed E-state index contributed by atoms with van der Waals surface area (Å²) in [5, 5.41) is 16.7. The summed E-state index contributed by atoms with van der Waals surface area (Å²) in [6.07, 6.45) is 0. The van der Waals surface area contributed by atoms with Crippen molar-refractivity contribution in [3.8, 4) is 22.8 Å². The average molecular weight is 307 g/mol. The molecule has 0 fully saturated rings. The van der Waals surface area contributed by atoms with Gasteiger partial charge >= 0.3 is 5.97 Å². The number of benzene rings is 1. The number of carboxylic acids is 1. The normalized spacial score (nSPS) is 10.7. The van der Waals surface area contributed by atoms with Gasteiger partial charge in [0.15, 0.2) is 0 Å². The third kappa shape index (κ3) is 2.31. The van der Waals surface area contributed by atoms with Gasteiger partial charge in [0.05, 0.1) is 16.1 Å². The number of hydrogen-bond acceptors (Lipinski definition) is 5. The van der Waals surface area contributed by atoms with Gasteiger partial charge in [-0.1, -0.05) is 22.8 Å². The summed E-state index contributed by atoms with van der Waals surface area (Å²) in [6, 6.07) is 6.40. The van der Waals surface area contributed by atoms with Crippen LogP contribution in [0.15, 0.2) is 39.5 Å². The van der Waals surface area contributed by atoms with E-state index in [2.05, 4.69) is 10.1 Å². The highest BCUT2D eigenvalue weighted by atomic mass is 35.5. The van der Waals surface area contributed by atoms with E-state index in [4.69, 9.17) is 21.2 Å². The fraction of sp³-hybridized carbons (Fsp3) is 0. The lowest BCUT2D eigenvalue weighted by Crippen LogP contribution is -1.97. The van der Waals surface area contributed by atoms with Crippen molar-refractivity contribution in [2.75, 3.05) is 0 Å². The van der Waals surface area contributed by atoms with Crippen LogP contribution in [-0.2, 0) is 0 Å². The first kappa shape index (κ1) is 12.8. The van der Waals surface area contributed by atoms with Gasteiger partial charge in [0.2, 0.25) is 5.82 Å². The zero-order valence-corrected chi connectivity index (χ0v) is 11.5. The highest BCUT2D eigenvalue weighted by Gasteiger charge is 2.14. The summed E-state index contributed by atoms with van der Waals surface area (Å²) in [4.78, 5) is 15.2. The van der Waals surface area contributed by atoms with Crippen molar-refractivity contribution in [2.24, 2.45) is 0 Å². The van der Waals surface area contributed by atoms with E-state index in [0.29, 0.717) is 17.3 Å². The fourth-order valence-corrected chi connectivity index (χ4v) is 2.56.